The molecule has 0 aliphatic heterocycles. The van der Waals surface area contributed by atoms with Gasteiger partial charge in [-0.05, 0) is 18.2 Å². The molecule has 0 saturated carbocycles. The fourth-order valence-corrected chi connectivity index (χ4v) is 2.11. The van der Waals surface area contributed by atoms with E-state index in [1.165, 1.54) is 23.9 Å². The minimum atomic E-state index is -4.50. The third-order valence-electron chi connectivity index (χ3n) is 2.63. The lowest BCUT2D eigenvalue weighted by atomic mass is 10.1. The fraction of sp³-hybridized carbons (Fsp3) is 0.214. The highest BCUT2D eigenvalue weighted by molar-refractivity contribution is 7.99. The molecular weight excluding hydrogens is 331 g/mol. The van der Waals surface area contributed by atoms with Gasteiger partial charge in [0.2, 0.25) is 5.89 Å². The van der Waals surface area contributed by atoms with Crippen LogP contribution in [0, 0.1) is 0 Å². The minimum Gasteiger partial charge on any atom is -0.414 e. The van der Waals surface area contributed by atoms with E-state index >= 15 is 0 Å². The highest BCUT2D eigenvalue weighted by Crippen LogP contribution is 2.29. The average Bonchev–Trinajstić information content (AvgIpc) is 2.98. The van der Waals surface area contributed by atoms with Gasteiger partial charge in [-0.2, -0.15) is 13.2 Å². The lowest BCUT2D eigenvalue weighted by Gasteiger charge is -2.08. The summed E-state index contributed by atoms with van der Waals surface area (Å²) in [4.78, 5) is 11.9. The predicted octanol–water partition coefficient (Wildman–Crippen LogP) is 3.30. The average molecular weight is 343 g/mol. The van der Waals surface area contributed by atoms with Crippen LogP contribution in [0.15, 0.2) is 46.6 Å². The van der Waals surface area contributed by atoms with Crippen molar-refractivity contribution in [2.75, 3.05) is 5.75 Å². The summed E-state index contributed by atoms with van der Waals surface area (Å²) >= 11 is 1.28. The van der Waals surface area contributed by atoms with E-state index in [9.17, 15) is 18.0 Å². The second-order valence-corrected chi connectivity index (χ2v) is 5.29. The quantitative estimate of drug-likeness (QED) is 0.644. The van der Waals surface area contributed by atoms with Crippen LogP contribution in [-0.4, -0.2) is 21.9 Å². The van der Waals surface area contributed by atoms with E-state index in [1.54, 1.807) is 6.08 Å². The molecule has 0 saturated heterocycles. The molecule has 1 heterocycles. The molecule has 0 aliphatic carbocycles. The summed E-state index contributed by atoms with van der Waals surface area (Å²) in [5.74, 6) is 0.101. The van der Waals surface area contributed by atoms with Gasteiger partial charge in [-0.25, -0.2) is 0 Å². The monoisotopic (exact) mass is 343 g/mol. The summed E-state index contributed by atoms with van der Waals surface area (Å²) in [6.07, 6.45) is -2.83. The summed E-state index contributed by atoms with van der Waals surface area (Å²) in [7, 11) is 0. The van der Waals surface area contributed by atoms with Crippen molar-refractivity contribution in [1.82, 2.24) is 15.5 Å². The fourth-order valence-electron chi connectivity index (χ4n) is 1.59. The maximum atomic E-state index is 12.6. The number of nitrogens with zero attached hydrogens (tertiary/aromatic N) is 2. The first-order valence-electron chi connectivity index (χ1n) is 6.41. The maximum absolute atomic E-state index is 12.6. The Labute approximate surface area is 134 Å². The molecule has 1 aromatic carbocycles. The van der Waals surface area contributed by atoms with Crippen LogP contribution in [0.1, 0.15) is 21.8 Å². The van der Waals surface area contributed by atoms with Crippen molar-refractivity contribution >= 4 is 17.7 Å². The molecule has 9 heteroatoms. The summed E-state index contributed by atoms with van der Waals surface area (Å²) < 4.78 is 43.1. The molecule has 23 heavy (non-hydrogen) atoms. The van der Waals surface area contributed by atoms with Gasteiger partial charge in [-0.15, -0.1) is 16.8 Å². The molecule has 5 nitrogen and oxygen atoms in total. The van der Waals surface area contributed by atoms with Crippen molar-refractivity contribution in [1.29, 1.82) is 0 Å². The van der Waals surface area contributed by atoms with E-state index in [1.807, 2.05) is 0 Å². The van der Waals surface area contributed by atoms with E-state index in [4.69, 9.17) is 4.42 Å². The molecule has 2 rings (SSSR count). The van der Waals surface area contributed by atoms with Crippen molar-refractivity contribution < 1.29 is 22.4 Å². The molecule has 1 aromatic heterocycles. The van der Waals surface area contributed by atoms with E-state index in [0.29, 0.717) is 11.0 Å². The Morgan fingerprint density at radius 1 is 1.39 bits per heavy atom. The van der Waals surface area contributed by atoms with Crippen molar-refractivity contribution in [3.63, 3.8) is 0 Å². The van der Waals surface area contributed by atoms with Crippen molar-refractivity contribution in [2.45, 2.75) is 17.9 Å². The number of benzene rings is 1. The Bertz CT molecular complexity index is 701. The lowest BCUT2D eigenvalue weighted by Crippen LogP contribution is -2.23. The van der Waals surface area contributed by atoms with Crippen LogP contribution in [0.5, 0.6) is 0 Å². The van der Waals surface area contributed by atoms with Gasteiger partial charge in [0.25, 0.3) is 11.1 Å². The van der Waals surface area contributed by atoms with Gasteiger partial charge in [0.05, 0.1) is 12.1 Å². The SMILES string of the molecule is C=CCSc1nnc(CNC(=O)c2cccc(C(F)(F)F)c2)o1. The minimum absolute atomic E-state index is 0.0727. The molecule has 0 fully saturated rings. The zero-order valence-electron chi connectivity index (χ0n) is 11.8. The van der Waals surface area contributed by atoms with E-state index in [-0.39, 0.29) is 18.0 Å². The van der Waals surface area contributed by atoms with Gasteiger partial charge in [0, 0.05) is 11.3 Å². The standard InChI is InChI=1S/C14H12F3N3O2S/c1-2-6-23-13-20-19-11(22-13)8-18-12(21)9-4-3-5-10(7-9)14(15,16)17/h2-5,7H,1,6,8H2,(H,18,21). The van der Waals surface area contributed by atoms with E-state index in [2.05, 4.69) is 22.1 Å². The lowest BCUT2D eigenvalue weighted by molar-refractivity contribution is -0.137. The predicted molar refractivity (Wildman–Crippen MR) is 77.8 cm³/mol. The van der Waals surface area contributed by atoms with Gasteiger partial charge in [0.15, 0.2) is 0 Å². The van der Waals surface area contributed by atoms with Crippen molar-refractivity contribution in [3.8, 4) is 0 Å². The molecule has 2 aromatic rings. The summed E-state index contributed by atoms with van der Waals surface area (Å²) in [5, 5.41) is 10.2. The zero-order chi connectivity index (χ0) is 16.9. The first kappa shape index (κ1) is 17.1. The number of carbonyl (C=O) groups excluding carboxylic acids is 1. The highest BCUT2D eigenvalue weighted by Gasteiger charge is 2.30. The summed E-state index contributed by atoms with van der Waals surface area (Å²) in [6.45, 7) is 3.48. The van der Waals surface area contributed by atoms with E-state index < -0.39 is 17.6 Å². The molecule has 0 unspecified atom stereocenters. The van der Waals surface area contributed by atoms with Gasteiger partial charge in [-0.3, -0.25) is 4.79 Å². The molecular formula is C14H12F3N3O2S. The first-order valence-corrected chi connectivity index (χ1v) is 7.40. The molecule has 0 bridgehead atoms. The molecule has 1 amide bonds. The number of thioether (sulfide) groups is 1. The number of rotatable bonds is 6. The molecule has 0 aliphatic rings. The number of amides is 1. The molecule has 0 atom stereocenters. The Hall–Kier alpha value is -2.29. The number of aromatic nitrogens is 2. The van der Waals surface area contributed by atoms with Gasteiger partial charge in [0.1, 0.15) is 0 Å². The van der Waals surface area contributed by atoms with Crippen LogP contribution in [0.4, 0.5) is 13.2 Å². The summed E-state index contributed by atoms with van der Waals surface area (Å²) in [6, 6.07) is 4.16. The Kier molecular flexibility index (Phi) is 5.43. The van der Waals surface area contributed by atoms with E-state index in [0.717, 1.165) is 12.1 Å². The summed E-state index contributed by atoms with van der Waals surface area (Å²) in [5.41, 5.74) is -0.980. The number of hydrogen-bond donors (Lipinski definition) is 1. The van der Waals surface area contributed by atoms with Crippen LogP contribution < -0.4 is 5.32 Å². The molecule has 1 N–H and O–H groups in total. The third kappa shape index (κ3) is 4.85. The number of hydrogen-bond acceptors (Lipinski definition) is 5. The second-order valence-electron chi connectivity index (χ2n) is 4.32. The van der Waals surface area contributed by atoms with Crippen LogP contribution >= 0.6 is 11.8 Å². The normalized spacial score (nSPS) is 11.3. The van der Waals surface area contributed by atoms with Crippen LogP contribution in [0.3, 0.4) is 0 Å². The zero-order valence-corrected chi connectivity index (χ0v) is 12.6. The third-order valence-corrected chi connectivity index (χ3v) is 3.44. The highest BCUT2D eigenvalue weighted by atomic mass is 32.2. The second kappa shape index (κ2) is 7.32. The van der Waals surface area contributed by atoms with Gasteiger partial charge >= 0.3 is 6.18 Å². The smallest absolute Gasteiger partial charge is 0.414 e. The van der Waals surface area contributed by atoms with Crippen molar-refractivity contribution in [2.24, 2.45) is 0 Å². The topological polar surface area (TPSA) is 68.0 Å². The Morgan fingerprint density at radius 2 is 2.17 bits per heavy atom. The van der Waals surface area contributed by atoms with Crippen LogP contribution in [0.2, 0.25) is 0 Å². The van der Waals surface area contributed by atoms with Crippen LogP contribution in [0.25, 0.3) is 0 Å². The number of halogens is 3. The molecule has 122 valence electrons. The molecule has 0 spiro atoms. The Balaban J connectivity index is 1.97. The van der Waals surface area contributed by atoms with Crippen molar-refractivity contribution in [3.05, 3.63) is 53.9 Å². The first-order chi connectivity index (χ1) is 10.9. The van der Waals surface area contributed by atoms with Gasteiger partial charge in [-0.1, -0.05) is 23.9 Å². The molecule has 0 radical (unpaired) electrons. The Morgan fingerprint density at radius 3 is 2.87 bits per heavy atom. The number of carbonyl (C=O) groups is 1. The van der Waals surface area contributed by atoms with Gasteiger partial charge < -0.3 is 9.73 Å². The largest absolute Gasteiger partial charge is 0.416 e. The number of alkyl halides is 3. The number of nitrogens with one attached hydrogen (secondary N) is 1. The maximum Gasteiger partial charge on any atom is 0.416 e. The van der Waals surface area contributed by atoms with Crippen LogP contribution in [-0.2, 0) is 12.7 Å².